The minimum atomic E-state index is 0.787. The van der Waals surface area contributed by atoms with Gasteiger partial charge in [0.15, 0.2) is 0 Å². The van der Waals surface area contributed by atoms with E-state index in [1.807, 2.05) is 6.92 Å². The molecule has 3 heteroatoms. The standard InChI is InChI=1S/C10H24N2O/c1-3-7-12(8-5-6-11)9-10-13-4-2/h3-11H2,1-2H3. The van der Waals surface area contributed by atoms with Crippen molar-refractivity contribution < 1.29 is 4.74 Å². The number of hydrogen-bond donors (Lipinski definition) is 1. The first-order chi connectivity index (χ1) is 6.35. The Morgan fingerprint density at radius 1 is 1.15 bits per heavy atom. The van der Waals surface area contributed by atoms with Gasteiger partial charge in [-0.25, -0.2) is 0 Å². The zero-order valence-electron chi connectivity index (χ0n) is 9.09. The van der Waals surface area contributed by atoms with Crippen LogP contribution in [0.3, 0.4) is 0 Å². The normalized spacial score (nSPS) is 11.1. The summed E-state index contributed by atoms with van der Waals surface area (Å²) in [6, 6.07) is 0. The van der Waals surface area contributed by atoms with E-state index in [2.05, 4.69) is 11.8 Å². The van der Waals surface area contributed by atoms with Gasteiger partial charge in [0.2, 0.25) is 0 Å². The first kappa shape index (κ1) is 12.9. The van der Waals surface area contributed by atoms with Gasteiger partial charge in [-0.1, -0.05) is 6.92 Å². The van der Waals surface area contributed by atoms with Crippen molar-refractivity contribution in [2.45, 2.75) is 26.7 Å². The van der Waals surface area contributed by atoms with E-state index >= 15 is 0 Å². The first-order valence-corrected chi connectivity index (χ1v) is 5.35. The number of nitrogens with two attached hydrogens (primary N) is 1. The van der Waals surface area contributed by atoms with Crippen molar-refractivity contribution in [2.24, 2.45) is 5.73 Å². The van der Waals surface area contributed by atoms with E-state index in [-0.39, 0.29) is 0 Å². The van der Waals surface area contributed by atoms with E-state index in [0.29, 0.717) is 0 Å². The average Bonchev–Trinajstić information content (AvgIpc) is 2.14. The quantitative estimate of drug-likeness (QED) is 0.550. The number of ether oxygens (including phenoxy) is 1. The van der Waals surface area contributed by atoms with Crippen molar-refractivity contribution in [3.63, 3.8) is 0 Å². The first-order valence-electron chi connectivity index (χ1n) is 5.35. The molecule has 2 N–H and O–H groups in total. The molecular weight excluding hydrogens is 164 g/mol. The van der Waals surface area contributed by atoms with Crippen molar-refractivity contribution in [3.05, 3.63) is 0 Å². The maximum Gasteiger partial charge on any atom is 0.0593 e. The van der Waals surface area contributed by atoms with Gasteiger partial charge in [0.1, 0.15) is 0 Å². The molecule has 0 spiro atoms. The third-order valence-electron chi connectivity index (χ3n) is 1.97. The summed E-state index contributed by atoms with van der Waals surface area (Å²) in [6.07, 6.45) is 2.29. The predicted octanol–water partition coefficient (Wildman–Crippen LogP) is 1.08. The second-order valence-corrected chi connectivity index (χ2v) is 3.18. The Balaban J connectivity index is 3.41. The minimum Gasteiger partial charge on any atom is -0.380 e. The van der Waals surface area contributed by atoms with Crippen LogP contribution < -0.4 is 5.73 Å². The van der Waals surface area contributed by atoms with Gasteiger partial charge in [-0.15, -0.1) is 0 Å². The van der Waals surface area contributed by atoms with Gasteiger partial charge in [-0.2, -0.15) is 0 Å². The van der Waals surface area contributed by atoms with Crippen LogP contribution in [0.4, 0.5) is 0 Å². The van der Waals surface area contributed by atoms with Crippen LogP contribution in [-0.4, -0.2) is 44.3 Å². The Labute approximate surface area is 82.2 Å². The van der Waals surface area contributed by atoms with Crippen LogP contribution in [0.15, 0.2) is 0 Å². The largest absolute Gasteiger partial charge is 0.380 e. The van der Waals surface area contributed by atoms with Crippen molar-refractivity contribution in [3.8, 4) is 0 Å². The molecule has 0 heterocycles. The molecule has 13 heavy (non-hydrogen) atoms. The molecule has 0 unspecified atom stereocenters. The third kappa shape index (κ3) is 8.22. The molecule has 0 aromatic heterocycles. The smallest absolute Gasteiger partial charge is 0.0593 e. The van der Waals surface area contributed by atoms with Crippen LogP contribution in [0.1, 0.15) is 26.7 Å². The highest BCUT2D eigenvalue weighted by molar-refractivity contribution is 4.56. The summed E-state index contributed by atoms with van der Waals surface area (Å²) in [5, 5.41) is 0. The van der Waals surface area contributed by atoms with Gasteiger partial charge in [-0.05, 0) is 39.4 Å². The summed E-state index contributed by atoms with van der Waals surface area (Å²) < 4.78 is 5.32. The summed E-state index contributed by atoms with van der Waals surface area (Å²) >= 11 is 0. The zero-order valence-corrected chi connectivity index (χ0v) is 9.09. The lowest BCUT2D eigenvalue weighted by molar-refractivity contribution is 0.113. The van der Waals surface area contributed by atoms with Crippen LogP contribution >= 0.6 is 0 Å². The molecule has 0 aliphatic heterocycles. The molecule has 0 aromatic carbocycles. The fraction of sp³-hybridized carbons (Fsp3) is 1.00. The molecule has 0 rings (SSSR count). The lowest BCUT2D eigenvalue weighted by Gasteiger charge is -2.20. The lowest BCUT2D eigenvalue weighted by atomic mass is 10.3. The Morgan fingerprint density at radius 3 is 2.46 bits per heavy atom. The van der Waals surface area contributed by atoms with Gasteiger partial charge in [-0.3, -0.25) is 0 Å². The molecule has 0 aromatic rings. The Kier molecular flexibility index (Phi) is 9.87. The highest BCUT2D eigenvalue weighted by Gasteiger charge is 2.01. The molecule has 0 atom stereocenters. The second kappa shape index (κ2) is 9.96. The highest BCUT2D eigenvalue weighted by atomic mass is 16.5. The molecule has 0 bridgehead atoms. The SMILES string of the molecule is CCCN(CCCN)CCOCC. The molecule has 0 fully saturated rings. The van der Waals surface area contributed by atoms with Crippen LogP contribution in [0.5, 0.6) is 0 Å². The van der Waals surface area contributed by atoms with E-state index in [1.165, 1.54) is 6.42 Å². The fourth-order valence-corrected chi connectivity index (χ4v) is 1.30. The van der Waals surface area contributed by atoms with E-state index in [4.69, 9.17) is 10.5 Å². The summed E-state index contributed by atoms with van der Waals surface area (Å²) in [6.45, 7) is 10.00. The van der Waals surface area contributed by atoms with Gasteiger partial charge < -0.3 is 15.4 Å². The summed E-state index contributed by atoms with van der Waals surface area (Å²) in [7, 11) is 0. The van der Waals surface area contributed by atoms with Crippen molar-refractivity contribution in [1.82, 2.24) is 4.90 Å². The lowest BCUT2D eigenvalue weighted by Crippen LogP contribution is -2.30. The molecule has 0 saturated carbocycles. The second-order valence-electron chi connectivity index (χ2n) is 3.18. The maximum absolute atomic E-state index is 5.47. The Morgan fingerprint density at radius 2 is 1.92 bits per heavy atom. The topological polar surface area (TPSA) is 38.5 Å². The molecule has 0 aliphatic rings. The van der Waals surface area contributed by atoms with Crippen molar-refractivity contribution in [1.29, 1.82) is 0 Å². The summed E-state index contributed by atoms with van der Waals surface area (Å²) in [4.78, 5) is 2.42. The van der Waals surface area contributed by atoms with E-state index in [0.717, 1.165) is 45.8 Å². The van der Waals surface area contributed by atoms with E-state index in [9.17, 15) is 0 Å². The number of hydrogen-bond acceptors (Lipinski definition) is 3. The maximum atomic E-state index is 5.47. The minimum absolute atomic E-state index is 0.787. The molecule has 0 saturated heterocycles. The molecular formula is C10H24N2O. The van der Waals surface area contributed by atoms with Crippen LogP contribution in [-0.2, 0) is 4.74 Å². The van der Waals surface area contributed by atoms with E-state index in [1.54, 1.807) is 0 Å². The Hall–Kier alpha value is -0.120. The zero-order chi connectivity index (χ0) is 9.94. The van der Waals surface area contributed by atoms with Crippen molar-refractivity contribution >= 4 is 0 Å². The van der Waals surface area contributed by atoms with Crippen LogP contribution in [0.25, 0.3) is 0 Å². The fourth-order valence-electron chi connectivity index (χ4n) is 1.30. The van der Waals surface area contributed by atoms with Gasteiger partial charge in [0, 0.05) is 13.2 Å². The summed E-state index contributed by atoms with van der Waals surface area (Å²) in [5.41, 5.74) is 5.47. The van der Waals surface area contributed by atoms with Crippen LogP contribution in [0, 0.1) is 0 Å². The molecule has 80 valence electrons. The molecule has 3 nitrogen and oxygen atoms in total. The predicted molar refractivity (Wildman–Crippen MR) is 56.9 cm³/mol. The number of nitrogens with zero attached hydrogens (tertiary/aromatic N) is 1. The van der Waals surface area contributed by atoms with Crippen molar-refractivity contribution in [2.75, 3.05) is 39.4 Å². The Bertz CT molecular complexity index is 98.9. The summed E-state index contributed by atoms with van der Waals surface area (Å²) in [5.74, 6) is 0. The van der Waals surface area contributed by atoms with E-state index < -0.39 is 0 Å². The van der Waals surface area contributed by atoms with Crippen LogP contribution in [0.2, 0.25) is 0 Å². The monoisotopic (exact) mass is 188 g/mol. The molecule has 0 radical (unpaired) electrons. The van der Waals surface area contributed by atoms with Gasteiger partial charge in [0.25, 0.3) is 0 Å². The molecule has 0 amide bonds. The number of rotatable bonds is 9. The van der Waals surface area contributed by atoms with Gasteiger partial charge in [0.05, 0.1) is 6.61 Å². The average molecular weight is 188 g/mol. The van der Waals surface area contributed by atoms with Gasteiger partial charge >= 0.3 is 0 Å². The molecule has 0 aliphatic carbocycles. The highest BCUT2D eigenvalue weighted by Crippen LogP contribution is 1.93. The third-order valence-corrected chi connectivity index (χ3v) is 1.97.